The van der Waals surface area contributed by atoms with E-state index in [1.54, 1.807) is 4.72 Å². The first-order valence-electron chi connectivity index (χ1n) is 8.79. The normalized spacial score (nSPS) is 21.0. The molecule has 3 rings (SSSR count). The van der Waals surface area contributed by atoms with Gasteiger partial charge in [0.15, 0.2) is 5.82 Å². The van der Waals surface area contributed by atoms with E-state index in [9.17, 15) is 18.3 Å². The molecule has 1 heterocycles. The van der Waals surface area contributed by atoms with Gasteiger partial charge in [0.05, 0.1) is 0 Å². The molecule has 1 aromatic rings. The van der Waals surface area contributed by atoms with Gasteiger partial charge in [0.1, 0.15) is 18.0 Å². The Labute approximate surface area is 164 Å². The number of phenolic OH excluding ortho intramolecular Hbond substituents is 1. The van der Waals surface area contributed by atoms with Gasteiger partial charge in [0, 0.05) is 6.04 Å². The van der Waals surface area contributed by atoms with Gasteiger partial charge in [-0.15, -0.1) is 12.4 Å². The molecule has 2 aliphatic rings. The molecular formula is C17H25ClFN3O4S. The van der Waals surface area contributed by atoms with Gasteiger partial charge in [-0.2, -0.15) is 8.42 Å². The topological polar surface area (TPSA) is 98.7 Å². The standard InChI is InChI=1S/C17H24FN3O4S.ClH/c1-10(2)5-6-19-12-4-3-11-7-14(22)17(16(18)13(11)8-12)21-9-15(23)20-26(21,24)25;/h7,10,12,19,22H,3-6,8-9H2,1-2H3,(H,20,23);1H/t12-;/m1./s1. The molecule has 1 fully saturated rings. The molecule has 1 atom stereocenters. The smallest absolute Gasteiger partial charge is 0.326 e. The fourth-order valence-electron chi connectivity index (χ4n) is 3.47. The number of amides is 1. The van der Waals surface area contributed by atoms with Crippen molar-refractivity contribution in [3.63, 3.8) is 0 Å². The zero-order chi connectivity index (χ0) is 19.1. The summed E-state index contributed by atoms with van der Waals surface area (Å²) in [4.78, 5) is 11.4. The van der Waals surface area contributed by atoms with E-state index in [1.165, 1.54) is 6.07 Å². The molecule has 1 amide bonds. The zero-order valence-electron chi connectivity index (χ0n) is 15.3. The molecule has 0 spiro atoms. The Hall–Kier alpha value is -1.58. The van der Waals surface area contributed by atoms with E-state index < -0.39 is 39.9 Å². The summed E-state index contributed by atoms with van der Waals surface area (Å²) in [5.74, 6) is -1.42. The van der Waals surface area contributed by atoms with Gasteiger partial charge in [0.25, 0.3) is 5.91 Å². The molecule has 0 aromatic heterocycles. The molecule has 152 valence electrons. The molecule has 27 heavy (non-hydrogen) atoms. The second-order valence-corrected chi connectivity index (χ2v) is 8.90. The van der Waals surface area contributed by atoms with Crippen LogP contribution in [0.1, 0.15) is 37.8 Å². The van der Waals surface area contributed by atoms with Gasteiger partial charge >= 0.3 is 10.2 Å². The maximum Gasteiger partial charge on any atom is 0.326 e. The summed E-state index contributed by atoms with van der Waals surface area (Å²) in [5, 5.41) is 13.6. The third-order valence-corrected chi connectivity index (χ3v) is 6.23. The highest BCUT2D eigenvalue weighted by molar-refractivity contribution is 7.92. The van der Waals surface area contributed by atoms with Crippen LogP contribution < -0.4 is 14.3 Å². The number of aryl methyl sites for hydroxylation is 1. The van der Waals surface area contributed by atoms with Crippen LogP contribution in [-0.2, 0) is 27.8 Å². The second-order valence-electron chi connectivity index (χ2n) is 7.31. The quantitative estimate of drug-likeness (QED) is 0.671. The summed E-state index contributed by atoms with van der Waals surface area (Å²) in [5.41, 5.74) is 0.632. The number of carbonyl (C=O) groups excluding carboxylic acids is 1. The summed E-state index contributed by atoms with van der Waals surface area (Å²) in [6, 6.07) is 1.51. The molecule has 0 saturated carbocycles. The first-order valence-corrected chi connectivity index (χ1v) is 10.2. The molecule has 1 aliphatic heterocycles. The molecule has 7 nitrogen and oxygen atoms in total. The van der Waals surface area contributed by atoms with Gasteiger partial charge in [-0.3, -0.25) is 4.79 Å². The minimum atomic E-state index is -4.18. The largest absolute Gasteiger partial charge is 0.506 e. The van der Waals surface area contributed by atoms with Crippen molar-refractivity contribution in [1.82, 2.24) is 10.0 Å². The maximum atomic E-state index is 15.1. The van der Waals surface area contributed by atoms with Crippen LogP contribution in [0.25, 0.3) is 0 Å². The van der Waals surface area contributed by atoms with Crippen molar-refractivity contribution in [1.29, 1.82) is 0 Å². The Morgan fingerprint density at radius 3 is 2.74 bits per heavy atom. The lowest BCUT2D eigenvalue weighted by atomic mass is 9.87. The molecular weight excluding hydrogens is 397 g/mol. The summed E-state index contributed by atoms with van der Waals surface area (Å²) in [7, 11) is -4.18. The second kappa shape index (κ2) is 8.20. The lowest BCUT2D eigenvalue weighted by Gasteiger charge is -2.28. The van der Waals surface area contributed by atoms with Crippen molar-refractivity contribution in [2.45, 2.75) is 45.6 Å². The van der Waals surface area contributed by atoms with Crippen molar-refractivity contribution in [2.75, 3.05) is 17.4 Å². The lowest BCUT2D eigenvalue weighted by molar-refractivity contribution is -0.117. The van der Waals surface area contributed by atoms with E-state index in [1.807, 2.05) is 0 Å². The molecule has 1 aromatic carbocycles. The summed E-state index contributed by atoms with van der Waals surface area (Å²) >= 11 is 0. The molecule has 0 bridgehead atoms. The van der Waals surface area contributed by atoms with Crippen LogP contribution in [0.4, 0.5) is 10.1 Å². The number of halogens is 2. The molecule has 10 heteroatoms. The first kappa shape index (κ1) is 21.7. The van der Waals surface area contributed by atoms with Crippen molar-refractivity contribution in [2.24, 2.45) is 5.92 Å². The average Bonchev–Trinajstić information content (AvgIpc) is 2.80. The number of fused-ring (bicyclic) bond motifs is 1. The third-order valence-electron chi connectivity index (χ3n) is 4.85. The van der Waals surface area contributed by atoms with Crippen LogP contribution >= 0.6 is 12.4 Å². The number of hydrogen-bond acceptors (Lipinski definition) is 5. The third kappa shape index (κ3) is 4.47. The number of nitrogens with zero attached hydrogens (tertiary/aromatic N) is 1. The van der Waals surface area contributed by atoms with Crippen molar-refractivity contribution in [3.8, 4) is 5.75 Å². The molecule has 1 aliphatic carbocycles. The van der Waals surface area contributed by atoms with E-state index in [2.05, 4.69) is 19.2 Å². The summed E-state index contributed by atoms with van der Waals surface area (Å²) < 4.78 is 41.6. The number of aromatic hydroxyl groups is 1. The van der Waals surface area contributed by atoms with Crippen LogP contribution in [0.3, 0.4) is 0 Å². The van der Waals surface area contributed by atoms with Crippen molar-refractivity contribution < 1.29 is 22.7 Å². The Morgan fingerprint density at radius 1 is 1.44 bits per heavy atom. The first-order chi connectivity index (χ1) is 12.2. The van der Waals surface area contributed by atoms with Crippen LogP contribution in [0.2, 0.25) is 0 Å². The number of rotatable bonds is 5. The highest BCUT2D eigenvalue weighted by atomic mass is 35.5. The highest BCUT2D eigenvalue weighted by Gasteiger charge is 2.39. The SMILES string of the molecule is CC(C)CCN[C@@H]1CCc2cc(O)c(N3CC(=O)NS3(=O)=O)c(F)c2C1.Cl. The fraction of sp³-hybridized carbons (Fsp3) is 0.588. The molecule has 0 radical (unpaired) electrons. The molecule has 0 unspecified atom stereocenters. The number of benzene rings is 1. The maximum absolute atomic E-state index is 15.1. The highest BCUT2D eigenvalue weighted by Crippen LogP contribution is 2.39. The van der Waals surface area contributed by atoms with Crippen LogP contribution in [0.15, 0.2) is 6.07 Å². The summed E-state index contributed by atoms with van der Waals surface area (Å²) in [6.07, 6.45) is 2.86. The van der Waals surface area contributed by atoms with Gasteiger partial charge in [-0.05, 0) is 55.3 Å². The predicted molar refractivity (Wildman–Crippen MR) is 103 cm³/mol. The number of phenols is 1. The van der Waals surface area contributed by atoms with Gasteiger partial charge in [-0.1, -0.05) is 13.8 Å². The average molecular weight is 422 g/mol. The van der Waals surface area contributed by atoms with E-state index in [-0.39, 0.29) is 18.4 Å². The number of nitrogens with one attached hydrogen (secondary N) is 2. The minimum absolute atomic E-state index is 0. The van der Waals surface area contributed by atoms with Crippen LogP contribution in [-0.4, -0.2) is 38.6 Å². The van der Waals surface area contributed by atoms with Crippen molar-refractivity contribution in [3.05, 3.63) is 23.0 Å². The molecule has 3 N–H and O–H groups in total. The van der Waals surface area contributed by atoms with Crippen LogP contribution in [0.5, 0.6) is 5.75 Å². The Balaban J connectivity index is 0.00000261. The predicted octanol–water partition coefficient (Wildman–Crippen LogP) is 1.63. The van der Waals surface area contributed by atoms with Crippen molar-refractivity contribution >= 4 is 34.2 Å². The monoisotopic (exact) mass is 421 g/mol. The zero-order valence-corrected chi connectivity index (χ0v) is 16.9. The Morgan fingerprint density at radius 2 is 2.15 bits per heavy atom. The minimum Gasteiger partial charge on any atom is -0.506 e. The molecule has 1 saturated heterocycles. The van der Waals surface area contributed by atoms with E-state index in [0.717, 1.165) is 19.4 Å². The van der Waals surface area contributed by atoms with Crippen LogP contribution in [0, 0.1) is 11.7 Å². The number of carbonyl (C=O) groups is 1. The number of hydrogen-bond donors (Lipinski definition) is 3. The van der Waals surface area contributed by atoms with E-state index in [4.69, 9.17) is 0 Å². The summed E-state index contributed by atoms with van der Waals surface area (Å²) in [6.45, 7) is 4.57. The Bertz CT molecular complexity index is 832. The fourth-order valence-corrected chi connectivity index (χ4v) is 4.64. The van der Waals surface area contributed by atoms with E-state index in [0.29, 0.717) is 34.2 Å². The van der Waals surface area contributed by atoms with E-state index >= 15 is 4.39 Å². The van der Waals surface area contributed by atoms with Gasteiger partial charge in [0.2, 0.25) is 0 Å². The van der Waals surface area contributed by atoms with Gasteiger partial charge in [-0.25, -0.2) is 13.4 Å². The number of anilines is 1. The Kier molecular flexibility index (Phi) is 6.59. The lowest BCUT2D eigenvalue weighted by Crippen LogP contribution is -2.36. The van der Waals surface area contributed by atoms with Gasteiger partial charge < -0.3 is 10.4 Å².